The Morgan fingerprint density at radius 2 is 2.00 bits per heavy atom. The molecule has 0 radical (unpaired) electrons. The first kappa shape index (κ1) is 19.6. The second-order valence-electron chi connectivity index (χ2n) is 8.33. The van der Waals surface area contributed by atoms with Crippen LogP contribution in [0.1, 0.15) is 17.8 Å². The van der Waals surface area contributed by atoms with Crippen LogP contribution in [0.3, 0.4) is 0 Å². The summed E-state index contributed by atoms with van der Waals surface area (Å²) in [5.74, 6) is 1.32. The molecular formula is C20H29N5O2S. The third kappa shape index (κ3) is 3.74. The number of aromatic nitrogens is 2. The molecule has 28 heavy (non-hydrogen) atoms. The molecule has 0 aliphatic carbocycles. The van der Waals surface area contributed by atoms with Crippen LogP contribution in [0.5, 0.6) is 0 Å². The van der Waals surface area contributed by atoms with E-state index in [0.717, 1.165) is 38.3 Å². The lowest BCUT2D eigenvalue weighted by molar-refractivity contribution is 0.220. The molecule has 3 heterocycles. The number of H-pyrrole nitrogens is 1. The quantitative estimate of drug-likeness (QED) is 0.762. The van der Waals surface area contributed by atoms with Crippen LogP contribution in [0.15, 0.2) is 42.7 Å². The van der Waals surface area contributed by atoms with E-state index in [4.69, 9.17) is 0 Å². The number of likely N-dealkylation sites (tertiary alicyclic amines) is 1. The normalized spacial score (nSPS) is 26.2. The predicted molar refractivity (Wildman–Crippen MR) is 109 cm³/mol. The highest BCUT2D eigenvalue weighted by atomic mass is 32.2. The van der Waals surface area contributed by atoms with Crippen LogP contribution in [0.25, 0.3) is 0 Å². The van der Waals surface area contributed by atoms with Crippen molar-refractivity contribution < 1.29 is 8.42 Å². The number of hydrogen-bond donors (Lipinski definition) is 1. The van der Waals surface area contributed by atoms with E-state index in [-0.39, 0.29) is 5.41 Å². The number of nitrogens with one attached hydrogen (secondary N) is 1. The lowest BCUT2D eigenvalue weighted by atomic mass is 9.76. The summed E-state index contributed by atoms with van der Waals surface area (Å²) in [4.78, 5) is 9.96. The monoisotopic (exact) mass is 403 g/mol. The first-order valence-corrected chi connectivity index (χ1v) is 11.2. The van der Waals surface area contributed by atoms with Gasteiger partial charge in [0.15, 0.2) is 0 Å². The van der Waals surface area contributed by atoms with Crippen LogP contribution in [-0.2, 0) is 23.2 Å². The van der Waals surface area contributed by atoms with Gasteiger partial charge >= 0.3 is 0 Å². The smallest absolute Gasteiger partial charge is 0.281 e. The highest BCUT2D eigenvalue weighted by Gasteiger charge is 2.54. The maximum absolute atomic E-state index is 12.7. The van der Waals surface area contributed by atoms with E-state index >= 15 is 0 Å². The van der Waals surface area contributed by atoms with Gasteiger partial charge in [0.25, 0.3) is 10.2 Å². The van der Waals surface area contributed by atoms with Gasteiger partial charge in [0.05, 0.1) is 6.54 Å². The van der Waals surface area contributed by atoms with Gasteiger partial charge in [-0.05, 0) is 24.3 Å². The molecule has 2 aliphatic rings. The van der Waals surface area contributed by atoms with Gasteiger partial charge in [-0.1, -0.05) is 30.3 Å². The third-order valence-corrected chi connectivity index (χ3v) is 8.12. The van der Waals surface area contributed by atoms with Gasteiger partial charge in [-0.2, -0.15) is 17.0 Å². The highest BCUT2D eigenvalue weighted by Crippen LogP contribution is 2.47. The zero-order valence-electron chi connectivity index (χ0n) is 16.6. The lowest BCUT2D eigenvalue weighted by Gasteiger charge is -2.30. The summed E-state index contributed by atoms with van der Waals surface area (Å²) in [7, 11) is -0.149. The van der Waals surface area contributed by atoms with Crippen molar-refractivity contribution in [2.45, 2.75) is 19.4 Å². The van der Waals surface area contributed by atoms with Crippen LogP contribution in [-0.4, -0.2) is 72.2 Å². The molecule has 7 nitrogen and oxygen atoms in total. The summed E-state index contributed by atoms with van der Waals surface area (Å²) in [5.41, 5.74) is 1.31. The molecule has 0 bridgehead atoms. The van der Waals surface area contributed by atoms with Crippen molar-refractivity contribution in [2.75, 3.05) is 40.3 Å². The van der Waals surface area contributed by atoms with Gasteiger partial charge in [-0.3, -0.25) is 4.90 Å². The molecule has 0 saturated carbocycles. The number of rotatable bonds is 7. The van der Waals surface area contributed by atoms with Crippen molar-refractivity contribution in [3.05, 3.63) is 54.1 Å². The molecule has 2 aromatic rings. The van der Waals surface area contributed by atoms with Gasteiger partial charge in [-0.15, -0.1) is 0 Å². The van der Waals surface area contributed by atoms with Gasteiger partial charge in [0.1, 0.15) is 5.82 Å². The molecular weight excluding hydrogens is 374 g/mol. The summed E-state index contributed by atoms with van der Waals surface area (Å²) in [6, 6.07) is 10.5. The number of hydrogen-bond acceptors (Lipinski definition) is 4. The minimum absolute atomic E-state index is 0.00842. The summed E-state index contributed by atoms with van der Waals surface area (Å²) < 4.78 is 28.5. The van der Waals surface area contributed by atoms with Crippen molar-refractivity contribution >= 4 is 10.2 Å². The number of nitrogens with zero attached hydrogens (tertiary/aromatic N) is 4. The summed E-state index contributed by atoms with van der Waals surface area (Å²) in [6.45, 7) is 3.81. The molecule has 1 aromatic carbocycles. The molecule has 0 spiro atoms. The number of benzene rings is 1. The Bertz CT molecular complexity index is 885. The number of aryl methyl sites for hydroxylation is 1. The average molecular weight is 404 g/mol. The lowest BCUT2D eigenvalue weighted by Crippen LogP contribution is -2.42. The van der Waals surface area contributed by atoms with E-state index < -0.39 is 10.2 Å². The highest BCUT2D eigenvalue weighted by molar-refractivity contribution is 7.86. The minimum Gasteiger partial charge on any atom is -0.348 e. The van der Waals surface area contributed by atoms with Crippen molar-refractivity contribution in [1.82, 2.24) is 23.5 Å². The topological polar surface area (TPSA) is 72.5 Å². The van der Waals surface area contributed by atoms with E-state index in [1.807, 2.05) is 12.3 Å². The van der Waals surface area contributed by atoms with E-state index in [0.29, 0.717) is 19.0 Å². The minimum atomic E-state index is -3.38. The Morgan fingerprint density at radius 3 is 2.68 bits per heavy atom. The second kappa shape index (κ2) is 7.59. The second-order valence-corrected chi connectivity index (χ2v) is 10.5. The molecule has 0 amide bonds. The van der Waals surface area contributed by atoms with Crippen LogP contribution >= 0.6 is 0 Å². The molecule has 2 saturated heterocycles. The number of aromatic amines is 1. The van der Waals surface area contributed by atoms with Crippen molar-refractivity contribution in [3.8, 4) is 0 Å². The van der Waals surface area contributed by atoms with Crippen LogP contribution < -0.4 is 0 Å². The summed E-state index contributed by atoms with van der Waals surface area (Å²) >= 11 is 0. The Balaban J connectivity index is 1.53. The fourth-order valence-electron chi connectivity index (χ4n) is 4.76. The fraction of sp³-hybridized carbons (Fsp3) is 0.550. The molecule has 1 aromatic heterocycles. The Hall–Kier alpha value is -1.74. The summed E-state index contributed by atoms with van der Waals surface area (Å²) in [5, 5.41) is 0. The van der Waals surface area contributed by atoms with Gasteiger partial charge in [-0.25, -0.2) is 4.98 Å². The van der Waals surface area contributed by atoms with Crippen LogP contribution in [0.2, 0.25) is 0 Å². The fourth-order valence-corrected chi connectivity index (χ4v) is 6.01. The maximum atomic E-state index is 12.7. The SMILES string of the molecule is CN(C)S(=O)(=O)N1CC2CN(Cc3ncc[nH]3)CC2(CCc2ccccc2)C1. The molecule has 152 valence electrons. The first-order chi connectivity index (χ1) is 13.4. The Labute approximate surface area is 167 Å². The first-order valence-electron chi connectivity index (χ1n) is 9.81. The number of fused-ring (bicyclic) bond motifs is 1. The van der Waals surface area contributed by atoms with Crippen LogP contribution in [0, 0.1) is 11.3 Å². The van der Waals surface area contributed by atoms with E-state index in [9.17, 15) is 8.42 Å². The number of imidazole rings is 1. The largest absolute Gasteiger partial charge is 0.348 e. The van der Waals surface area contributed by atoms with Crippen LogP contribution in [0.4, 0.5) is 0 Å². The standard InChI is InChI=1S/C20H29N5O2S/c1-23(2)28(26,27)25-13-18-12-24(14-19-21-10-11-22-19)15-20(18,16-25)9-8-17-6-4-3-5-7-17/h3-7,10-11,18H,8-9,12-16H2,1-2H3,(H,21,22). The zero-order chi connectivity index (χ0) is 19.8. The molecule has 2 unspecified atom stereocenters. The third-order valence-electron chi connectivity index (χ3n) is 6.27. The molecule has 2 fully saturated rings. The summed E-state index contributed by atoms with van der Waals surface area (Å²) in [6.07, 6.45) is 5.60. The molecule has 2 atom stereocenters. The predicted octanol–water partition coefficient (Wildman–Crippen LogP) is 1.58. The van der Waals surface area contributed by atoms with Crippen molar-refractivity contribution in [1.29, 1.82) is 0 Å². The Morgan fingerprint density at radius 1 is 1.21 bits per heavy atom. The Kier molecular flexibility index (Phi) is 5.30. The average Bonchev–Trinajstić information content (AvgIpc) is 3.36. The van der Waals surface area contributed by atoms with Gasteiger partial charge in [0, 0.05) is 58.1 Å². The molecule has 8 heteroatoms. The molecule has 1 N–H and O–H groups in total. The van der Waals surface area contributed by atoms with Crippen molar-refractivity contribution in [2.24, 2.45) is 11.3 Å². The van der Waals surface area contributed by atoms with E-state index in [2.05, 4.69) is 39.1 Å². The zero-order valence-corrected chi connectivity index (χ0v) is 17.4. The molecule has 4 rings (SSSR count). The van der Waals surface area contributed by atoms with Gasteiger partial charge < -0.3 is 4.98 Å². The van der Waals surface area contributed by atoms with E-state index in [1.54, 1.807) is 24.6 Å². The van der Waals surface area contributed by atoms with Gasteiger partial charge in [0.2, 0.25) is 0 Å². The molecule has 2 aliphatic heterocycles. The van der Waals surface area contributed by atoms with Crippen molar-refractivity contribution in [3.63, 3.8) is 0 Å². The maximum Gasteiger partial charge on any atom is 0.281 e. The van der Waals surface area contributed by atoms with E-state index in [1.165, 1.54) is 9.87 Å².